The molecule has 1 fully saturated rings. The van der Waals surface area contributed by atoms with Gasteiger partial charge in [0.25, 0.3) is 0 Å². The van der Waals surface area contributed by atoms with E-state index in [-0.39, 0.29) is 5.92 Å². The molecule has 6 heteroatoms. The molecule has 1 aliphatic heterocycles. The van der Waals surface area contributed by atoms with Crippen LogP contribution in [0.4, 0.5) is 5.82 Å². The van der Waals surface area contributed by atoms with Gasteiger partial charge in [-0.3, -0.25) is 4.79 Å². The van der Waals surface area contributed by atoms with E-state index >= 15 is 0 Å². The number of carbonyl (C=O) groups is 1. The number of aromatic nitrogens is 2. The summed E-state index contributed by atoms with van der Waals surface area (Å²) in [5.41, 5.74) is 0.901. The fourth-order valence-corrected chi connectivity index (χ4v) is 2.97. The first-order chi connectivity index (χ1) is 9.65. The monoisotopic (exact) mass is 335 g/mol. The van der Waals surface area contributed by atoms with Crippen LogP contribution in [0.5, 0.6) is 0 Å². The van der Waals surface area contributed by atoms with Crippen molar-refractivity contribution in [3.8, 4) is 0 Å². The lowest BCUT2D eigenvalue weighted by Crippen LogP contribution is -2.36. The van der Waals surface area contributed by atoms with Gasteiger partial charge < -0.3 is 10.0 Å². The number of nitrogens with zero attached hydrogens (tertiary/aromatic N) is 3. The van der Waals surface area contributed by atoms with E-state index in [2.05, 4.69) is 30.8 Å². The van der Waals surface area contributed by atoms with Crippen molar-refractivity contribution in [3.63, 3.8) is 0 Å². The van der Waals surface area contributed by atoms with Gasteiger partial charge in [0.05, 0.1) is 11.4 Å². The Morgan fingerprint density at radius 2 is 2.05 bits per heavy atom. The van der Waals surface area contributed by atoms with Gasteiger partial charge >= 0.3 is 5.97 Å². The van der Waals surface area contributed by atoms with Crippen molar-refractivity contribution in [3.05, 3.63) is 29.0 Å². The molecule has 0 atom stereocenters. The third kappa shape index (κ3) is 2.47. The van der Waals surface area contributed by atoms with Crippen LogP contribution in [-0.4, -0.2) is 34.1 Å². The number of carboxylic acid groups (broad SMARTS) is 1. The quantitative estimate of drug-likeness (QED) is 0.913. The maximum absolute atomic E-state index is 11.0. The van der Waals surface area contributed by atoms with Crippen LogP contribution in [0.25, 0.3) is 10.9 Å². The Morgan fingerprint density at radius 3 is 2.75 bits per heavy atom. The Morgan fingerprint density at radius 1 is 1.30 bits per heavy atom. The van der Waals surface area contributed by atoms with E-state index in [1.165, 1.54) is 0 Å². The molecule has 0 spiro atoms. The van der Waals surface area contributed by atoms with Crippen LogP contribution in [0.15, 0.2) is 29.0 Å². The molecule has 0 radical (unpaired) electrons. The van der Waals surface area contributed by atoms with Gasteiger partial charge in [0.1, 0.15) is 12.1 Å². The van der Waals surface area contributed by atoms with E-state index in [0.717, 1.165) is 34.3 Å². The fraction of sp³-hybridized carbons (Fsp3) is 0.357. The first-order valence-electron chi connectivity index (χ1n) is 6.53. The summed E-state index contributed by atoms with van der Waals surface area (Å²) in [6, 6.07) is 5.92. The molecule has 0 unspecified atom stereocenters. The summed E-state index contributed by atoms with van der Waals surface area (Å²) in [4.78, 5) is 21.8. The molecule has 0 aliphatic carbocycles. The number of benzene rings is 1. The molecule has 1 aromatic heterocycles. The Bertz CT molecular complexity index is 654. The van der Waals surface area contributed by atoms with Crippen LogP contribution in [0.1, 0.15) is 12.8 Å². The summed E-state index contributed by atoms with van der Waals surface area (Å²) >= 11 is 3.47. The number of piperidine rings is 1. The minimum absolute atomic E-state index is 0.230. The van der Waals surface area contributed by atoms with Gasteiger partial charge in [-0.05, 0) is 31.0 Å². The first kappa shape index (κ1) is 13.3. The molecular formula is C14H14BrN3O2. The second-order valence-corrected chi connectivity index (χ2v) is 5.87. The highest BCUT2D eigenvalue weighted by Crippen LogP contribution is 2.29. The van der Waals surface area contributed by atoms with E-state index in [0.29, 0.717) is 12.8 Å². The highest BCUT2D eigenvalue weighted by molar-refractivity contribution is 9.10. The Kier molecular flexibility index (Phi) is 3.56. The lowest BCUT2D eigenvalue weighted by atomic mass is 9.97. The fourth-order valence-electron chi connectivity index (χ4n) is 2.61. The number of halogens is 1. The Hall–Kier alpha value is -1.69. The van der Waals surface area contributed by atoms with Crippen molar-refractivity contribution in [1.82, 2.24) is 9.97 Å². The SMILES string of the molecule is O=C(O)C1CCN(c2ncnc3ccc(Br)cc23)CC1. The minimum Gasteiger partial charge on any atom is -0.481 e. The summed E-state index contributed by atoms with van der Waals surface area (Å²) in [6.45, 7) is 1.44. The predicted molar refractivity (Wildman–Crippen MR) is 79.8 cm³/mol. The maximum Gasteiger partial charge on any atom is 0.306 e. The van der Waals surface area contributed by atoms with Crippen molar-refractivity contribution in [2.45, 2.75) is 12.8 Å². The molecule has 3 rings (SSSR count). The molecular weight excluding hydrogens is 322 g/mol. The zero-order valence-electron chi connectivity index (χ0n) is 10.8. The van der Waals surface area contributed by atoms with Crippen LogP contribution in [0, 0.1) is 5.92 Å². The Labute approximate surface area is 124 Å². The summed E-state index contributed by atoms with van der Waals surface area (Å²) in [6.07, 6.45) is 2.89. The van der Waals surface area contributed by atoms with Gasteiger partial charge in [-0.15, -0.1) is 0 Å². The molecule has 1 saturated heterocycles. The summed E-state index contributed by atoms with van der Waals surface area (Å²) < 4.78 is 0.987. The first-order valence-corrected chi connectivity index (χ1v) is 7.32. The van der Waals surface area contributed by atoms with Crippen LogP contribution in [0.3, 0.4) is 0 Å². The number of hydrogen-bond acceptors (Lipinski definition) is 4. The second-order valence-electron chi connectivity index (χ2n) is 4.96. The zero-order chi connectivity index (χ0) is 14.1. The minimum atomic E-state index is -0.694. The number of fused-ring (bicyclic) bond motifs is 1. The van der Waals surface area contributed by atoms with Crippen molar-refractivity contribution in [2.75, 3.05) is 18.0 Å². The van der Waals surface area contributed by atoms with Crippen LogP contribution in [0.2, 0.25) is 0 Å². The summed E-state index contributed by atoms with van der Waals surface area (Å²) in [5, 5.41) is 10.0. The van der Waals surface area contributed by atoms with Gasteiger partial charge in [-0.25, -0.2) is 9.97 Å². The maximum atomic E-state index is 11.0. The zero-order valence-corrected chi connectivity index (χ0v) is 12.4. The topological polar surface area (TPSA) is 66.3 Å². The van der Waals surface area contributed by atoms with Gasteiger partial charge in [-0.1, -0.05) is 15.9 Å². The number of carboxylic acids is 1. The van der Waals surface area contributed by atoms with E-state index in [4.69, 9.17) is 5.11 Å². The number of anilines is 1. The number of hydrogen-bond donors (Lipinski definition) is 1. The summed E-state index contributed by atoms with van der Waals surface area (Å²) in [5.74, 6) is -0.0360. The molecule has 20 heavy (non-hydrogen) atoms. The predicted octanol–water partition coefficient (Wildman–Crippen LogP) is 2.69. The lowest BCUT2D eigenvalue weighted by Gasteiger charge is -2.31. The molecule has 0 bridgehead atoms. The third-order valence-electron chi connectivity index (χ3n) is 3.72. The van der Waals surface area contributed by atoms with Gasteiger partial charge in [0, 0.05) is 22.9 Å². The van der Waals surface area contributed by atoms with Gasteiger partial charge in [-0.2, -0.15) is 0 Å². The van der Waals surface area contributed by atoms with Gasteiger partial charge in [0.2, 0.25) is 0 Å². The molecule has 1 aromatic carbocycles. The average Bonchev–Trinajstić information content (AvgIpc) is 2.46. The standard InChI is InChI=1S/C14H14BrN3O2/c15-10-1-2-12-11(7-10)13(17-8-16-12)18-5-3-9(4-6-18)14(19)20/h1-2,7-9H,3-6H2,(H,19,20). The van der Waals surface area contributed by atoms with E-state index in [9.17, 15) is 4.79 Å². The highest BCUT2D eigenvalue weighted by atomic mass is 79.9. The summed E-state index contributed by atoms with van der Waals surface area (Å²) in [7, 11) is 0. The molecule has 0 amide bonds. The van der Waals surface area contributed by atoms with E-state index in [1.807, 2.05) is 18.2 Å². The lowest BCUT2D eigenvalue weighted by molar-refractivity contribution is -0.142. The van der Waals surface area contributed by atoms with E-state index in [1.54, 1.807) is 6.33 Å². The van der Waals surface area contributed by atoms with Crippen molar-refractivity contribution >= 4 is 38.6 Å². The number of aliphatic carboxylic acids is 1. The Balaban J connectivity index is 1.91. The van der Waals surface area contributed by atoms with Crippen LogP contribution in [-0.2, 0) is 4.79 Å². The van der Waals surface area contributed by atoms with Crippen molar-refractivity contribution in [2.24, 2.45) is 5.92 Å². The van der Waals surface area contributed by atoms with Crippen LogP contribution < -0.4 is 4.90 Å². The molecule has 2 heterocycles. The molecule has 1 N–H and O–H groups in total. The van der Waals surface area contributed by atoms with Gasteiger partial charge in [0.15, 0.2) is 0 Å². The molecule has 0 saturated carbocycles. The normalized spacial score (nSPS) is 16.6. The molecule has 1 aliphatic rings. The molecule has 5 nitrogen and oxygen atoms in total. The van der Waals surface area contributed by atoms with Crippen LogP contribution >= 0.6 is 15.9 Å². The van der Waals surface area contributed by atoms with E-state index < -0.39 is 5.97 Å². The largest absolute Gasteiger partial charge is 0.481 e. The molecule has 2 aromatic rings. The number of rotatable bonds is 2. The highest BCUT2D eigenvalue weighted by Gasteiger charge is 2.25. The molecule has 104 valence electrons. The smallest absolute Gasteiger partial charge is 0.306 e. The third-order valence-corrected chi connectivity index (χ3v) is 4.21. The second kappa shape index (κ2) is 5.36. The average molecular weight is 336 g/mol. The van der Waals surface area contributed by atoms with Crippen molar-refractivity contribution < 1.29 is 9.90 Å². The van der Waals surface area contributed by atoms with Crippen molar-refractivity contribution in [1.29, 1.82) is 0 Å².